The Hall–Kier alpha value is -2.13. The molecule has 0 radical (unpaired) electrons. The van der Waals surface area contributed by atoms with Crippen LogP contribution in [0.1, 0.15) is 50.5 Å². The van der Waals surface area contributed by atoms with E-state index >= 15 is 0 Å². The van der Waals surface area contributed by atoms with Crippen molar-refractivity contribution in [3.8, 4) is 6.07 Å². The van der Waals surface area contributed by atoms with Gasteiger partial charge in [-0.3, -0.25) is 4.79 Å². The second-order valence-electron chi connectivity index (χ2n) is 8.03. The molecule has 26 heavy (non-hydrogen) atoms. The third kappa shape index (κ3) is 3.05. The highest BCUT2D eigenvalue weighted by molar-refractivity contribution is 5.86. The molecular weight excluding hydrogens is 328 g/mol. The fourth-order valence-electron chi connectivity index (χ4n) is 4.93. The Bertz CT molecular complexity index is 723. The van der Waals surface area contributed by atoms with Gasteiger partial charge >= 0.3 is 0 Å². The molecule has 1 aliphatic carbocycles. The number of hydrogen-bond acceptors (Lipinski definition) is 5. The molecule has 3 fully saturated rings. The molecule has 1 atom stereocenters. The molecule has 1 aromatic heterocycles. The van der Waals surface area contributed by atoms with Crippen LogP contribution in [-0.2, 0) is 4.79 Å². The Morgan fingerprint density at radius 1 is 1.23 bits per heavy atom. The molecule has 6 heteroatoms. The number of likely N-dealkylation sites (tertiary alicyclic amines) is 1. The molecule has 0 unspecified atom stereocenters. The average molecular weight is 354 g/mol. The van der Waals surface area contributed by atoms with Gasteiger partial charge in [-0.2, -0.15) is 5.26 Å². The SMILES string of the molecule is N#Cc1ccnc(N2CCC[C@]3(CCN([C@H]4CC[C@@H](O)CC4)C3=O)C2)c1. The van der Waals surface area contributed by atoms with Crippen LogP contribution in [0.4, 0.5) is 5.82 Å². The topological polar surface area (TPSA) is 80.5 Å². The normalized spacial score (nSPS) is 32.1. The largest absolute Gasteiger partial charge is 0.393 e. The van der Waals surface area contributed by atoms with Gasteiger partial charge in [0.05, 0.1) is 23.2 Å². The summed E-state index contributed by atoms with van der Waals surface area (Å²) in [6, 6.07) is 5.99. The molecule has 1 N–H and O–H groups in total. The van der Waals surface area contributed by atoms with Crippen LogP contribution in [0.5, 0.6) is 0 Å². The van der Waals surface area contributed by atoms with Crippen LogP contribution in [-0.4, -0.2) is 52.7 Å². The number of aromatic nitrogens is 1. The molecule has 0 aromatic carbocycles. The predicted molar refractivity (Wildman–Crippen MR) is 97.4 cm³/mol. The lowest BCUT2D eigenvalue weighted by atomic mass is 9.78. The first-order valence-corrected chi connectivity index (χ1v) is 9.71. The number of aliphatic hydroxyl groups excluding tert-OH is 1. The van der Waals surface area contributed by atoms with E-state index in [-0.39, 0.29) is 11.5 Å². The summed E-state index contributed by atoms with van der Waals surface area (Å²) < 4.78 is 0. The molecule has 1 spiro atoms. The Kier molecular flexibility index (Phi) is 4.58. The van der Waals surface area contributed by atoms with Crippen molar-refractivity contribution in [2.24, 2.45) is 5.41 Å². The van der Waals surface area contributed by atoms with E-state index in [1.54, 1.807) is 12.3 Å². The summed E-state index contributed by atoms with van der Waals surface area (Å²) in [5.41, 5.74) is 0.299. The van der Waals surface area contributed by atoms with Crippen molar-refractivity contribution >= 4 is 11.7 Å². The highest BCUT2D eigenvalue weighted by Gasteiger charge is 2.50. The molecule has 2 aliphatic heterocycles. The molecule has 6 nitrogen and oxygen atoms in total. The molecule has 138 valence electrons. The number of pyridine rings is 1. The van der Waals surface area contributed by atoms with Crippen LogP contribution in [0.15, 0.2) is 18.3 Å². The summed E-state index contributed by atoms with van der Waals surface area (Å²) in [7, 11) is 0. The first kappa shape index (κ1) is 17.3. The van der Waals surface area contributed by atoms with E-state index in [0.717, 1.165) is 63.9 Å². The van der Waals surface area contributed by atoms with Gasteiger partial charge < -0.3 is 14.9 Å². The van der Waals surface area contributed by atoms with E-state index in [1.807, 2.05) is 6.07 Å². The lowest BCUT2D eigenvalue weighted by Gasteiger charge is -2.41. The number of anilines is 1. The van der Waals surface area contributed by atoms with Crippen molar-refractivity contribution in [2.45, 2.75) is 57.1 Å². The van der Waals surface area contributed by atoms with E-state index in [9.17, 15) is 9.90 Å². The molecule has 4 rings (SSSR count). The van der Waals surface area contributed by atoms with Crippen LogP contribution in [0, 0.1) is 16.7 Å². The van der Waals surface area contributed by atoms with Gasteiger partial charge in [0.15, 0.2) is 0 Å². The summed E-state index contributed by atoms with van der Waals surface area (Å²) in [5, 5.41) is 18.9. The zero-order valence-corrected chi connectivity index (χ0v) is 15.1. The smallest absolute Gasteiger partial charge is 0.230 e. The zero-order valence-electron chi connectivity index (χ0n) is 15.1. The molecule has 3 aliphatic rings. The van der Waals surface area contributed by atoms with E-state index in [2.05, 4.69) is 20.9 Å². The van der Waals surface area contributed by atoms with Crippen LogP contribution < -0.4 is 4.90 Å². The molecule has 0 bridgehead atoms. The lowest BCUT2D eigenvalue weighted by Crippen LogP contribution is -2.50. The number of rotatable bonds is 2. The van der Waals surface area contributed by atoms with Crippen LogP contribution in [0.2, 0.25) is 0 Å². The van der Waals surface area contributed by atoms with E-state index in [0.29, 0.717) is 24.1 Å². The zero-order chi connectivity index (χ0) is 18.1. The monoisotopic (exact) mass is 354 g/mol. The fourth-order valence-corrected chi connectivity index (χ4v) is 4.93. The quantitative estimate of drug-likeness (QED) is 0.879. The van der Waals surface area contributed by atoms with Crippen molar-refractivity contribution in [2.75, 3.05) is 24.5 Å². The number of carbonyl (C=O) groups is 1. The maximum absolute atomic E-state index is 13.3. The van der Waals surface area contributed by atoms with Crippen LogP contribution in [0.25, 0.3) is 0 Å². The molecule has 1 aromatic rings. The summed E-state index contributed by atoms with van der Waals surface area (Å²) in [6.45, 7) is 2.41. The Balaban J connectivity index is 1.50. The molecule has 1 amide bonds. The van der Waals surface area contributed by atoms with E-state index in [4.69, 9.17) is 5.26 Å². The number of amides is 1. The maximum atomic E-state index is 13.3. The minimum Gasteiger partial charge on any atom is -0.393 e. The van der Waals surface area contributed by atoms with Gasteiger partial charge in [-0.25, -0.2) is 4.98 Å². The second-order valence-corrected chi connectivity index (χ2v) is 8.03. The number of nitrogens with zero attached hydrogens (tertiary/aromatic N) is 4. The number of aliphatic hydroxyl groups is 1. The minimum atomic E-state index is -0.307. The Morgan fingerprint density at radius 3 is 2.81 bits per heavy atom. The molecule has 1 saturated carbocycles. The highest BCUT2D eigenvalue weighted by atomic mass is 16.3. The van der Waals surface area contributed by atoms with Gasteiger partial charge in [-0.15, -0.1) is 0 Å². The number of hydrogen-bond donors (Lipinski definition) is 1. The first-order chi connectivity index (χ1) is 12.6. The summed E-state index contributed by atoms with van der Waals surface area (Å²) in [4.78, 5) is 22.0. The summed E-state index contributed by atoms with van der Waals surface area (Å²) in [5.74, 6) is 1.09. The van der Waals surface area contributed by atoms with Gasteiger partial charge in [0.2, 0.25) is 5.91 Å². The highest BCUT2D eigenvalue weighted by Crippen LogP contribution is 2.43. The third-order valence-corrected chi connectivity index (χ3v) is 6.43. The van der Waals surface area contributed by atoms with Crippen molar-refractivity contribution in [3.05, 3.63) is 23.9 Å². The first-order valence-electron chi connectivity index (χ1n) is 9.71. The Morgan fingerprint density at radius 2 is 2.04 bits per heavy atom. The molecule has 3 heterocycles. The van der Waals surface area contributed by atoms with Gasteiger partial charge in [0.1, 0.15) is 5.82 Å². The van der Waals surface area contributed by atoms with Gasteiger partial charge in [0, 0.05) is 31.9 Å². The fraction of sp³-hybridized carbons (Fsp3) is 0.650. The maximum Gasteiger partial charge on any atom is 0.230 e. The average Bonchev–Trinajstić information content (AvgIpc) is 2.98. The number of nitriles is 1. The molecule has 2 saturated heterocycles. The second kappa shape index (κ2) is 6.88. The van der Waals surface area contributed by atoms with Gasteiger partial charge in [0.25, 0.3) is 0 Å². The van der Waals surface area contributed by atoms with E-state index < -0.39 is 0 Å². The minimum absolute atomic E-state index is 0.193. The van der Waals surface area contributed by atoms with Crippen molar-refractivity contribution < 1.29 is 9.90 Å². The van der Waals surface area contributed by atoms with Gasteiger partial charge in [-0.05, 0) is 57.1 Å². The third-order valence-electron chi connectivity index (χ3n) is 6.43. The summed E-state index contributed by atoms with van der Waals surface area (Å²) in [6.07, 6.45) is 7.73. The van der Waals surface area contributed by atoms with Gasteiger partial charge in [-0.1, -0.05) is 0 Å². The van der Waals surface area contributed by atoms with Crippen LogP contribution in [0.3, 0.4) is 0 Å². The lowest BCUT2D eigenvalue weighted by molar-refractivity contribution is -0.139. The number of piperidine rings is 1. The van der Waals surface area contributed by atoms with Crippen molar-refractivity contribution in [3.63, 3.8) is 0 Å². The summed E-state index contributed by atoms with van der Waals surface area (Å²) >= 11 is 0. The van der Waals surface area contributed by atoms with Crippen molar-refractivity contribution in [1.29, 1.82) is 5.26 Å². The standard InChI is InChI=1S/C20H26N4O2/c21-13-15-6-9-22-18(12-15)23-10-1-7-20(14-23)8-11-24(19(20)26)16-2-4-17(25)5-3-16/h6,9,12,16-17,25H,1-5,7-8,10-11,14H2/t16-,17+,20-/m0/s1. The van der Waals surface area contributed by atoms with Crippen LogP contribution >= 0.6 is 0 Å². The molecular formula is C20H26N4O2. The predicted octanol–water partition coefficient (Wildman–Crippen LogP) is 2.08. The van der Waals surface area contributed by atoms with E-state index in [1.165, 1.54) is 0 Å². The number of carbonyl (C=O) groups excluding carboxylic acids is 1. The Labute approximate surface area is 154 Å². The van der Waals surface area contributed by atoms with Crippen molar-refractivity contribution in [1.82, 2.24) is 9.88 Å².